The average Bonchev–Trinajstić information content (AvgIpc) is 2.78. The molecule has 0 heterocycles. The van der Waals surface area contributed by atoms with Gasteiger partial charge >= 0.3 is 0 Å². The molecule has 7 heteroatoms. The largest absolute Gasteiger partial charge is 0.484 e. The van der Waals surface area contributed by atoms with E-state index in [-0.39, 0.29) is 31.0 Å². The molecule has 1 N–H and O–H groups in total. The molecule has 5 nitrogen and oxygen atoms in total. The van der Waals surface area contributed by atoms with Gasteiger partial charge in [0, 0.05) is 22.6 Å². The van der Waals surface area contributed by atoms with Gasteiger partial charge in [-0.15, -0.1) is 0 Å². The third-order valence-electron chi connectivity index (χ3n) is 5.65. The molecule has 0 aliphatic heterocycles. The quantitative estimate of drug-likeness (QED) is 0.405. The molecule has 2 amide bonds. The summed E-state index contributed by atoms with van der Waals surface area (Å²) in [6, 6.07) is 12.2. The third-order valence-corrected chi connectivity index (χ3v) is 6.24. The number of ether oxygens (including phenoxy) is 1. The van der Waals surface area contributed by atoms with Crippen LogP contribution < -0.4 is 10.1 Å². The lowest BCUT2D eigenvalue weighted by Gasteiger charge is -2.31. The van der Waals surface area contributed by atoms with Gasteiger partial charge in [-0.1, -0.05) is 69.1 Å². The standard InChI is InChI=1S/C26H34Cl2N2O3/c1-6-18(5)29-26(32)24(7-2)30(15-20-8-11-21(27)14-23(20)28)25(31)16-33-22-12-9-19(10-13-22)17(3)4/h8-14,17-18,24H,6-7,15-16H2,1-5H3,(H,29,32)/t18-,24+/m0/s1. The molecule has 0 aromatic heterocycles. The number of carbonyl (C=O) groups excluding carboxylic acids is 2. The summed E-state index contributed by atoms with van der Waals surface area (Å²) in [6.45, 7) is 10.1. The highest BCUT2D eigenvalue weighted by Crippen LogP contribution is 2.24. The van der Waals surface area contributed by atoms with Crippen LogP contribution in [0.25, 0.3) is 0 Å². The Hall–Kier alpha value is -2.24. The van der Waals surface area contributed by atoms with Crippen molar-refractivity contribution in [3.63, 3.8) is 0 Å². The van der Waals surface area contributed by atoms with E-state index in [1.165, 1.54) is 10.5 Å². The number of nitrogens with one attached hydrogen (secondary N) is 1. The second kappa shape index (κ2) is 12.9. The Balaban J connectivity index is 2.23. The van der Waals surface area contributed by atoms with E-state index in [1.54, 1.807) is 18.2 Å². The topological polar surface area (TPSA) is 58.6 Å². The number of amides is 2. The van der Waals surface area contributed by atoms with Crippen LogP contribution in [0.2, 0.25) is 10.0 Å². The SMILES string of the molecule is CC[C@H](C(=O)N[C@@H](C)CC)N(Cc1ccc(Cl)cc1Cl)C(=O)COc1ccc(C(C)C)cc1. The van der Waals surface area contributed by atoms with Crippen molar-refractivity contribution in [3.05, 3.63) is 63.6 Å². The molecule has 0 unspecified atom stereocenters. The van der Waals surface area contributed by atoms with Crippen LogP contribution in [0.1, 0.15) is 64.5 Å². The third kappa shape index (κ3) is 7.94. The molecule has 33 heavy (non-hydrogen) atoms. The van der Waals surface area contributed by atoms with E-state index in [9.17, 15) is 9.59 Å². The lowest BCUT2D eigenvalue weighted by Crippen LogP contribution is -2.51. The van der Waals surface area contributed by atoms with Crippen LogP contribution in [-0.2, 0) is 16.1 Å². The fraction of sp³-hybridized carbons (Fsp3) is 0.462. The highest BCUT2D eigenvalue weighted by Gasteiger charge is 2.30. The highest BCUT2D eigenvalue weighted by atomic mass is 35.5. The van der Waals surface area contributed by atoms with Crippen molar-refractivity contribution in [2.75, 3.05) is 6.61 Å². The lowest BCUT2D eigenvalue weighted by atomic mass is 10.0. The van der Waals surface area contributed by atoms with Gasteiger partial charge in [0.15, 0.2) is 6.61 Å². The second-order valence-electron chi connectivity index (χ2n) is 8.51. The van der Waals surface area contributed by atoms with Gasteiger partial charge in [0.2, 0.25) is 5.91 Å². The van der Waals surface area contributed by atoms with Gasteiger partial charge in [-0.2, -0.15) is 0 Å². The molecule has 2 aromatic carbocycles. The van der Waals surface area contributed by atoms with Crippen molar-refractivity contribution in [3.8, 4) is 5.75 Å². The summed E-state index contributed by atoms with van der Waals surface area (Å²) >= 11 is 12.4. The summed E-state index contributed by atoms with van der Waals surface area (Å²) in [5.41, 5.74) is 1.91. The first-order chi connectivity index (χ1) is 15.7. The number of nitrogens with zero attached hydrogens (tertiary/aromatic N) is 1. The molecule has 0 aliphatic rings. The second-order valence-corrected chi connectivity index (χ2v) is 9.36. The molecule has 180 valence electrons. The van der Waals surface area contributed by atoms with Crippen LogP contribution >= 0.6 is 23.2 Å². The fourth-order valence-corrected chi connectivity index (χ4v) is 3.84. The van der Waals surface area contributed by atoms with E-state index in [2.05, 4.69) is 19.2 Å². The molecule has 0 bridgehead atoms. The van der Waals surface area contributed by atoms with Gasteiger partial charge in [-0.25, -0.2) is 0 Å². The Morgan fingerprint density at radius 1 is 1.00 bits per heavy atom. The van der Waals surface area contributed by atoms with Crippen LogP contribution in [0.4, 0.5) is 0 Å². The first kappa shape index (κ1) is 27.0. The summed E-state index contributed by atoms with van der Waals surface area (Å²) < 4.78 is 5.77. The predicted octanol–water partition coefficient (Wildman–Crippen LogP) is 6.22. The normalized spacial score (nSPS) is 12.8. The smallest absolute Gasteiger partial charge is 0.261 e. The van der Waals surface area contributed by atoms with Crippen molar-refractivity contribution < 1.29 is 14.3 Å². The van der Waals surface area contributed by atoms with Crippen molar-refractivity contribution in [2.24, 2.45) is 0 Å². The van der Waals surface area contributed by atoms with Crippen LogP contribution in [-0.4, -0.2) is 35.4 Å². The number of halogens is 2. The monoisotopic (exact) mass is 492 g/mol. The summed E-state index contributed by atoms with van der Waals surface area (Å²) in [7, 11) is 0. The van der Waals surface area contributed by atoms with Crippen LogP contribution in [0, 0.1) is 0 Å². The maximum atomic E-state index is 13.3. The van der Waals surface area contributed by atoms with E-state index < -0.39 is 6.04 Å². The van der Waals surface area contributed by atoms with Crippen LogP contribution in [0.5, 0.6) is 5.75 Å². The van der Waals surface area contributed by atoms with Gasteiger partial charge in [0.1, 0.15) is 11.8 Å². The fourth-order valence-electron chi connectivity index (χ4n) is 3.37. The summed E-state index contributed by atoms with van der Waals surface area (Å²) in [6.07, 6.45) is 1.26. The molecule has 0 fully saturated rings. The summed E-state index contributed by atoms with van der Waals surface area (Å²) in [5.74, 6) is 0.538. The number of rotatable bonds is 11. The van der Waals surface area contributed by atoms with Gasteiger partial charge in [0.25, 0.3) is 5.91 Å². The van der Waals surface area contributed by atoms with Crippen molar-refractivity contribution in [1.82, 2.24) is 10.2 Å². The molecule has 2 aromatic rings. The van der Waals surface area contributed by atoms with E-state index in [0.717, 1.165) is 6.42 Å². The molecule has 0 radical (unpaired) electrons. The van der Waals surface area contributed by atoms with Crippen molar-refractivity contribution in [1.29, 1.82) is 0 Å². The first-order valence-corrected chi connectivity index (χ1v) is 12.2. The zero-order valence-corrected chi connectivity index (χ0v) is 21.5. The number of benzene rings is 2. The molecular formula is C26H34Cl2N2O3. The molecule has 0 aliphatic carbocycles. The minimum atomic E-state index is -0.648. The van der Waals surface area contributed by atoms with E-state index >= 15 is 0 Å². The highest BCUT2D eigenvalue weighted by molar-refractivity contribution is 6.35. The number of carbonyl (C=O) groups is 2. The van der Waals surface area contributed by atoms with Gasteiger partial charge in [-0.05, 0) is 61.1 Å². The zero-order valence-electron chi connectivity index (χ0n) is 20.0. The van der Waals surface area contributed by atoms with E-state index in [4.69, 9.17) is 27.9 Å². The molecule has 2 atom stereocenters. The van der Waals surface area contributed by atoms with Crippen LogP contribution in [0.15, 0.2) is 42.5 Å². The van der Waals surface area contributed by atoms with E-state index in [0.29, 0.717) is 33.7 Å². The van der Waals surface area contributed by atoms with Crippen LogP contribution in [0.3, 0.4) is 0 Å². The first-order valence-electron chi connectivity index (χ1n) is 11.4. The maximum Gasteiger partial charge on any atom is 0.261 e. The van der Waals surface area contributed by atoms with Crippen molar-refractivity contribution in [2.45, 2.75) is 72.0 Å². The molecule has 2 rings (SSSR count). The molecule has 0 spiro atoms. The molecule has 0 saturated heterocycles. The van der Waals surface area contributed by atoms with Crippen molar-refractivity contribution >= 4 is 35.0 Å². The Bertz CT molecular complexity index is 932. The van der Waals surface area contributed by atoms with Gasteiger partial charge < -0.3 is 15.0 Å². The van der Waals surface area contributed by atoms with Gasteiger partial charge in [0.05, 0.1) is 0 Å². The lowest BCUT2D eigenvalue weighted by molar-refractivity contribution is -0.143. The van der Waals surface area contributed by atoms with Gasteiger partial charge in [-0.3, -0.25) is 9.59 Å². The summed E-state index contributed by atoms with van der Waals surface area (Å²) in [5, 5.41) is 3.95. The number of hydrogen-bond donors (Lipinski definition) is 1. The Kier molecular flexibility index (Phi) is 10.5. The summed E-state index contributed by atoms with van der Waals surface area (Å²) in [4.78, 5) is 27.8. The van der Waals surface area contributed by atoms with E-state index in [1.807, 2.05) is 45.0 Å². The minimum Gasteiger partial charge on any atom is -0.484 e. The minimum absolute atomic E-state index is 0.0124. The Labute approximate surface area is 207 Å². The Morgan fingerprint density at radius 3 is 2.21 bits per heavy atom. The number of hydrogen-bond acceptors (Lipinski definition) is 3. The Morgan fingerprint density at radius 2 is 1.67 bits per heavy atom. The predicted molar refractivity (Wildman–Crippen MR) is 135 cm³/mol. The average molecular weight is 493 g/mol. The zero-order chi connectivity index (χ0) is 24.5. The maximum absolute atomic E-state index is 13.3. The molecule has 0 saturated carbocycles. The molecular weight excluding hydrogens is 459 g/mol.